The van der Waals surface area contributed by atoms with Crippen molar-refractivity contribution < 1.29 is 23.5 Å². The Bertz CT molecular complexity index is 1090. The Labute approximate surface area is 178 Å². The van der Waals surface area contributed by atoms with E-state index in [1.54, 1.807) is 17.1 Å². The molecule has 8 nitrogen and oxygen atoms in total. The summed E-state index contributed by atoms with van der Waals surface area (Å²) in [6.07, 6.45) is 10.6. The average Bonchev–Trinajstić information content (AvgIpc) is 3.34. The highest BCUT2D eigenvalue weighted by molar-refractivity contribution is 6.05. The molecule has 2 aromatic rings. The molecule has 1 atom stereocenters. The number of ether oxygens (including phenoxy) is 1. The molecule has 1 unspecified atom stereocenters. The van der Waals surface area contributed by atoms with Crippen LogP contribution in [0.1, 0.15) is 47.2 Å². The molecule has 4 rings (SSSR count). The summed E-state index contributed by atoms with van der Waals surface area (Å²) in [6, 6.07) is 1.90. The number of benzene rings is 1. The molecule has 2 aliphatic heterocycles. The predicted molar refractivity (Wildman–Crippen MR) is 107 cm³/mol. The Hall–Kier alpha value is -3.67. The third-order valence-corrected chi connectivity index (χ3v) is 5.45. The number of imide groups is 1. The van der Waals surface area contributed by atoms with E-state index in [9.17, 15) is 18.8 Å². The highest BCUT2D eigenvalue weighted by atomic mass is 19.1. The molecular weight excluding hydrogens is 403 g/mol. The summed E-state index contributed by atoms with van der Waals surface area (Å²) in [7, 11) is 0. The topological polar surface area (TPSA) is 93.5 Å². The van der Waals surface area contributed by atoms with Gasteiger partial charge in [-0.05, 0) is 31.4 Å². The first-order valence-corrected chi connectivity index (χ1v) is 10.1. The van der Waals surface area contributed by atoms with Gasteiger partial charge in [0.15, 0.2) is 0 Å². The van der Waals surface area contributed by atoms with Crippen molar-refractivity contribution in [3.05, 3.63) is 47.0 Å². The fraction of sp³-hybridized carbons (Fsp3) is 0.364. The van der Waals surface area contributed by atoms with Gasteiger partial charge in [-0.1, -0.05) is 5.92 Å². The number of amides is 3. The molecule has 1 saturated heterocycles. The summed E-state index contributed by atoms with van der Waals surface area (Å²) >= 11 is 0. The quantitative estimate of drug-likeness (QED) is 0.414. The van der Waals surface area contributed by atoms with Gasteiger partial charge in [-0.2, -0.15) is 5.10 Å². The normalized spacial score (nSPS) is 18.0. The Balaban J connectivity index is 1.38. The van der Waals surface area contributed by atoms with Gasteiger partial charge in [0.2, 0.25) is 11.8 Å². The molecular formula is C22H21FN4O4. The van der Waals surface area contributed by atoms with Gasteiger partial charge in [-0.3, -0.25) is 24.4 Å². The van der Waals surface area contributed by atoms with Gasteiger partial charge >= 0.3 is 0 Å². The first-order chi connectivity index (χ1) is 15.0. The number of aromatic nitrogens is 2. The molecule has 0 aliphatic carbocycles. The Morgan fingerprint density at radius 3 is 2.87 bits per heavy atom. The van der Waals surface area contributed by atoms with E-state index >= 15 is 0 Å². The monoisotopic (exact) mass is 424 g/mol. The van der Waals surface area contributed by atoms with Crippen molar-refractivity contribution in [1.82, 2.24) is 20.0 Å². The Morgan fingerprint density at radius 2 is 2.13 bits per heavy atom. The third-order valence-electron chi connectivity index (χ3n) is 5.45. The number of terminal acetylenes is 1. The van der Waals surface area contributed by atoms with E-state index in [0.29, 0.717) is 24.5 Å². The standard InChI is InChI=1S/C22H21FN4O4/c1-2-14-11-24-26(12-14)9-3-4-10-31-18-7-5-16(23)20-15(18)13-27(22(20)30)17-6-8-19(28)25-21(17)29/h1,5,7,11-12,17H,3-4,6,8-10,13H2,(H,25,28,29). The number of hydrogen-bond acceptors (Lipinski definition) is 5. The van der Waals surface area contributed by atoms with Gasteiger partial charge in [0.25, 0.3) is 5.91 Å². The smallest absolute Gasteiger partial charge is 0.258 e. The molecule has 31 heavy (non-hydrogen) atoms. The summed E-state index contributed by atoms with van der Waals surface area (Å²) in [5.41, 5.74) is 1.09. The van der Waals surface area contributed by atoms with Crippen LogP contribution in [0.3, 0.4) is 0 Å². The maximum absolute atomic E-state index is 14.4. The van der Waals surface area contributed by atoms with Gasteiger partial charge in [-0.15, -0.1) is 6.42 Å². The van der Waals surface area contributed by atoms with Crippen LogP contribution in [-0.4, -0.2) is 45.1 Å². The van der Waals surface area contributed by atoms with Gasteiger partial charge in [-0.25, -0.2) is 4.39 Å². The van der Waals surface area contributed by atoms with E-state index in [1.165, 1.54) is 17.0 Å². The number of aryl methyl sites for hydroxylation is 1. The van der Waals surface area contributed by atoms with Crippen molar-refractivity contribution in [2.45, 2.75) is 44.8 Å². The minimum atomic E-state index is -0.799. The highest BCUT2D eigenvalue weighted by Gasteiger charge is 2.41. The van der Waals surface area contributed by atoms with E-state index in [0.717, 1.165) is 18.4 Å². The fourth-order valence-corrected chi connectivity index (χ4v) is 3.86. The molecule has 160 valence electrons. The van der Waals surface area contributed by atoms with E-state index in [-0.39, 0.29) is 30.9 Å². The lowest BCUT2D eigenvalue weighted by Crippen LogP contribution is -2.52. The molecule has 0 radical (unpaired) electrons. The van der Waals surface area contributed by atoms with E-state index in [1.807, 2.05) is 0 Å². The van der Waals surface area contributed by atoms with Crippen LogP contribution >= 0.6 is 0 Å². The summed E-state index contributed by atoms with van der Waals surface area (Å²) in [4.78, 5) is 37.7. The summed E-state index contributed by atoms with van der Waals surface area (Å²) in [5.74, 6) is 0.835. The molecule has 0 saturated carbocycles. The molecule has 3 amide bonds. The molecule has 1 aromatic carbocycles. The minimum Gasteiger partial charge on any atom is -0.493 e. The van der Waals surface area contributed by atoms with Crippen LogP contribution in [0, 0.1) is 18.2 Å². The van der Waals surface area contributed by atoms with E-state index < -0.39 is 23.7 Å². The fourth-order valence-electron chi connectivity index (χ4n) is 3.86. The van der Waals surface area contributed by atoms with Crippen LogP contribution in [0.25, 0.3) is 0 Å². The Morgan fingerprint density at radius 1 is 1.29 bits per heavy atom. The second kappa shape index (κ2) is 8.60. The van der Waals surface area contributed by atoms with Crippen LogP contribution in [0.5, 0.6) is 5.75 Å². The lowest BCUT2D eigenvalue weighted by atomic mass is 10.0. The second-order valence-corrected chi connectivity index (χ2v) is 7.49. The predicted octanol–water partition coefficient (Wildman–Crippen LogP) is 1.62. The number of hydrogen-bond donors (Lipinski definition) is 1. The van der Waals surface area contributed by atoms with Crippen LogP contribution in [0.2, 0.25) is 0 Å². The maximum Gasteiger partial charge on any atom is 0.258 e. The first kappa shape index (κ1) is 20.6. The third kappa shape index (κ3) is 4.14. The zero-order valence-electron chi connectivity index (χ0n) is 16.8. The number of piperidine rings is 1. The van der Waals surface area contributed by atoms with Gasteiger partial charge in [0, 0.05) is 24.7 Å². The van der Waals surface area contributed by atoms with Gasteiger partial charge in [0.1, 0.15) is 17.6 Å². The van der Waals surface area contributed by atoms with Crippen LogP contribution in [0.15, 0.2) is 24.5 Å². The van der Waals surface area contributed by atoms with Crippen LogP contribution < -0.4 is 10.1 Å². The molecule has 0 bridgehead atoms. The van der Waals surface area contributed by atoms with Crippen molar-refractivity contribution >= 4 is 17.7 Å². The molecule has 0 spiro atoms. The van der Waals surface area contributed by atoms with Crippen molar-refractivity contribution in [3.8, 4) is 18.1 Å². The Kier molecular flexibility index (Phi) is 5.71. The minimum absolute atomic E-state index is 0.0652. The average molecular weight is 424 g/mol. The highest BCUT2D eigenvalue weighted by Crippen LogP contribution is 2.35. The summed E-state index contributed by atoms with van der Waals surface area (Å²) in [6.45, 7) is 1.14. The van der Waals surface area contributed by atoms with Gasteiger partial charge < -0.3 is 9.64 Å². The zero-order chi connectivity index (χ0) is 22.0. The number of halogens is 1. The van der Waals surface area contributed by atoms with Crippen LogP contribution in [0.4, 0.5) is 4.39 Å². The SMILES string of the molecule is C#Cc1cnn(CCCCOc2ccc(F)c3c2CN(C2CCC(=O)NC2=O)C3=O)c1. The zero-order valence-corrected chi connectivity index (χ0v) is 16.8. The first-order valence-electron chi connectivity index (χ1n) is 10.1. The van der Waals surface area contributed by atoms with Crippen molar-refractivity contribution in [1.29, 1.82) is 0 Å². The maximum atomic E-state index is 14.4. The van der Waals surface area contributed by atoms with E-state index in [2.05, 4.69) is 16.3 Å². The van der Waals surface area contributed by atoms with E-state index in [4.69, 9.17) is 11.2 Å². The summed E-state index contributed by atoms with van der Waals surface area (Å²) in [5, 5.41) is 6.40. The number of nitrogens with one attached hydrogen (secondary N) is 1. The molecule has 2 aliphatic rings. The largest absolute Gasteiger partial charge is 0.493 e. The number of carbonyl (C=O) groups excluding carboxylic acids is 3. The van der Waals surface area contributed by atoms with Crippen molar-refractivity contribution in [2.75, 3.05) is 6.61 Å². The number of fused-ring (bicyclic) bond motifs is 1. The second-order valence-electron chi connectivity index (χ2n) is 7.49. The lowest BCUT2D eigenvalue weighted by Gasteiger charge is -2.29. The molecule has 1 fully saturated rings. The number of rotatable bonds is 7. The molecule has 3 heterocycles. The van der Waals surface area contributed by atoms with Gasteiger partial charge in [0.05, 0.1) is 30.5 Å². The number of nitrogens with zero attached hydrogens (tertiary/aromatic N) is 3. The van der Waals surface area contributed by atoms with Crippen molar-refractivity contribution in [3.63, 3.8) is 0 Å². The molecule has 9 heteroatoms. The number of carbonyl (C=O) groups is 3. The lowest BCUT2D eigenvalue weighted by molar-refractivity contribution is -0.136. The molecule has 1 N–H and O–H groups in total. The summed E-state index contributed by atoms with van der Waals surface area (Å²) < 4.78 is 22.0. The van der Waals surface area contributed by atoms with Crippen LogP contribution in [-0.2, 0) is 22.7 Å². The number of unbranched alkanes of at least 4 members (excludes halogenated alkanes) is 1. The van der Waals surface area contributed by atoms with Crippen molar-refractivity contribution in [2.24, 2.45) is 0 Å². The molecule has 1 aromatic heterocycles.